The van der Waals surface area contributed by atoms with Gasteiger partial charge in [0.25, 0.3) is 0 Å². The zero-order valence-corrected chi connectivity index (χ0v) is 12.2. The minimum absolute atomic E-state index is 0.391. The summed E-state index contributed by atoms with van der Waals surface area (Å²) in [6, 6.07) is 15.8. The number of ether oxygens (including phenoxy) is 1. The van der Waals surface area contributed by atoms with Crippen LogP contribution in [0.15, 0.2) is 48.5 Å². The van der Waals surface area contributed by atoms with Gasteiger partial charge in [0.1, 0.15) is 11.5 Å². The fourth-order valence-electron chi connectivity index (χ4n) is 2.14. The number of benzene rings is 2. The molecule has 0 amide bonds. The molecule has 2 heteroatoms. The monoisotopic (exact) mass is 270 g/mol. The molecule has 0 aromatic heterocycles. The quantitative estimate of drug-likeness (QED) is 0.811. The molecule has 0 saturated carbocycles. The molecule has 0 fully saturated rings. The Balaban J connectivity index is 2.02. The van der Waals surface area contributed by atoms with Crippen LogP contribution in [0.25, 0.3) is 0 Å². The lowest BCUT2D eigenvalue weighted by atomic mass is 10.1. The number of aliphatic hydroxyl groups is 1. The van der Waals surface area contributed by atoms with Crippen LogP contribution in [0.1, 0.15) is 43.9 Å². The van der Waals surface area contributed by atoms with Crippen LogP contribution < -0.4 is 4.74 Å². The van der Waals surface area contributed by atoms with Gasteiger partial charge in [-0.1, -0.05) is 44.5 Å². The third-order valence-electron chi connectivity index (χ3n) is 3.35. The fourth-order valence-corrected chi connectivity index (χ4v) is 2.14. The standard InChI is InChI=1S/C18H22O2/c1-3-5-14-6-10-16(11-7-14)20-17-12-8-15(9-13-17)18(19)4-2/h6-13,18-19H,3-5H2,1-2H3. The largest absolute Gasteiger partial charge is 0.457 e. The summed E-state index contributed by atoms with van der Waals surface area (Å²) in [7, 11) is 0. The summed E-state index contributed by atoms with van der Waals surface area (Å²) >= 11 is 0. The molecule has 0 spiro atoms. The maximum absolute atomic E-state index is 9.75. The molecule has 0 heterocycles. The summed E-state index contributed by atoms with van der Waals surface area (Å²) in [6.07, 6.45) is 2.59. The zero-order chi connectivity index (χ0) is 14.4. The predicted octanol–water partition coefficient (Wildman–Crippen LogP) is 4.87. The molecule has 2 aromatic rings. The zero-order valence-electron chi connectivity index (χ0n) is 12.2. The fraction of sp³-hybridized carbons (Fsp3) is 0.333. The van der Waals surface area contributed by atoms with Gasteiger partial charge in [0, 0.05) is 0 Å². The van der Waals surface area contributed by atoms with E-state index in [0.29, 0.717) is 0 Å². The molecule has 0 radical (unpaired) electrons. The summed E-state index contributed by atoms with van der Waals surface area (Å²) in [5, 5.41) is 9.75. The number of hydrogen-bond acceptors (Lipinski definition) is 2. The molecule has 1 unspecified atom stereocenters. The van der Waals surface area contributed by atoms with Gasteiger partial charge in [-0.3, -0.25) is 0 Å². The van der Waals surface area contributed by atoms with Crippen LogP contribution in [-0.4, -0.2) is 5.11 Å². The van der Waals surface area contributed by atoms with E-state index in [-0.39, 0.29) is 0 Å². The molecule has 0 aliphatic rings. The van der Waals surface area contributed by atoms with Gasteiger partial charge >= 0.3 is 0 Å². The minimum atomic E-state index is -0.391. The van der Waals surface area contributed by atoms with Gasteiger partial charge in [-0.15, -0.1) is 0 Å². The lowest BCUT2D eigenvalue weighted by Gasteiger charge is -2.10. The average Bonchev–Trinajstić information content (AvgIpc) is 2.49. The molecule has 2 rings (SSSR count). The van der Waals surface area contributed by atoms with Crippen LogP contribution in [-0.2, 0) is 6.42 Å². The molecule has 1 atom stereocenters. The molecule has 0 aliphatic heterocycles. The topological polar surface area (TPSA) is 29.5 Å². The van der Waals surface area contributed by atoms with Crippen LogP contribution in [0.5, 0.6) is 11.5 Å². The van der Waals surface area contributed by atoms with E-state index in [9.17, 15) is 5.11 Å². The lowest BCUT2D eigenvalue weighted by Crippen LogP contribution is -1.94. The van der Waals surface area contributed by atoms with E-state index < -0.39 is 6.10 Å². The Bertz CT molecular complexity index is 514. The molecule has 2 aromatic carbocycles. The number of rotatable bonds is 6. The third kappa shape index (κ3) is 3.84. The summed E-state index contributed by atoms with van der Waals surface area (Å²) in [4.78, 5) is 0. The van der Waals surface area contributed by atoms with Crippen molar-refractivity contribution < 1.29 is 9.84 Å². The summed E-state index contributed by atoms with van der Waals surface area (Å²) in [6.45, 7) is 4.14. The predicted molar refractivity (Wildman–Crippen MR) is 82.2 cm³/mol. The van der Waals surface area contributed by atoms with E-state index in [1.807, 2.05) is 43.3 Å². The Hall–Kier alpha value is -1.80. The molecule has 1 N–H and O–H groups in total. The molecular formula is C18H22O2. The summed E-state index contributed by atoms with van der Waals surface area (Å²) in [5.41, 5.74) is 2.26. The molecule has 20 heavy (non-hydrogen) atoms. The third-order valence-corrected chi connectivity index (χ3v) is 3.35. The van der Waals surface area contributed by atoms with Gasteiger partial charge in [-0.25, -0.2) is 0 Å². The second kappa shape index (κ2) is 7.11. The minimum Gasteiger partial charge on any atom is -0.457 e. The van der Waals surface area contributed by atoms with E-state index in [4.69, 9.17) is 4.74 Å². The second-order valence-electron chi connectivity index (χ2n) is 4.99. The first-order chi connectivity index (χ1) is 9.72. The van der Waals surface area contributed by atoms with E-state index in [0.717, 1.165) is 36.3 Å². The van der Waals surface area contributed by atoms with Gasteiger partial charge in [0.2, 0.25) is 0 Å². The van der Waals surface area contributed by atoms with Crippen molar-refractivity contribution in [3.8, 4) is 11.5 Å². The molecule has 106 valence electrons. The molecular weight excluding hydrogens is 248 g/mol. The number of aliphatic hydroxyl groups excluding tert-OH is 1. The summed E-state index contributed by atoms with van der Waals surface area (Å²) in [5.74, 6) is 1.63. The Morgan fingerprint density at radius 1 is 0.900 bits per heavy atom. The molecule has 0 saturated heterocycles. The maximum atomic E-state index is 9.75. The Kier molecular flexibility index (Phi) is 5.19. The van der Waals surface area contributed by atoms with Gasteiger partial charge in [0.05, 0.1) is 6.10 Å². The van der Waals surface area contributed by atoms with Crippen molar-refractivity contribution in [1.82, 2.24) is 0 Å². The van der Waals surface area contributed by atoms with E-state index in [1.54, 1.807) is 0 Å². The van der Waals surface area contributed by atoms with Crippen molar-refractivity contribution in [3.63, 3.8) is 0 Å². The van der Waals surface area contributed by atoms with Crippen molar-refractivity contribution >= 4 is 0 Å². The van der Waals surface area contributed by atoms with Crippen molar-refractivity contribution in [1.29, 1.82) is 0 Å². The highest BCUT2D eigenvalue weighted by atomic mass is 16.5. The highest BCUT2D eigenvalue weighted by Gasteiger charge is 2.04. The van der Waals surface area contributed by atoms with E-state index in [1.165, 1.54) is 5.56 Å². The summed E-state index contributed by atoms with van der Waals surface area (Å²) < 4.78 is 5.80. The Labute approximate surface area is 121 Å². The highest BCUT2D eigenvalue weighted by molar-refractivity contribution is 5.35. The second-order valence-corrected chi connectivity index (χ2v) is 4.99. The first kappa shape index (κ1) is 14.6. The first-order valence-electron chi connectivity index (χ1n) is 7.27. The van der Waals surface area contributed by atoms with Crippen molar-refractivity contribution in [3.05, 3.63) is 59.7 Å². The van der Waals surface area contributed by atoms with Gasteiger partial charge in [-0.2, -0.15) is 0 Å². The maximum Gasteiger partial charge on any atom is 0.127 e. The van der Waals surface area contributed by atoms with Crippen molar-refractivity contribution in [2.75, 3.05) is 0 Å². The van der Waals surface area contributed by atoms with Gasteiger partial charge < -0.3 is 9.84 Å². The van der Waals surface area contributed by atoms with Gasteiger partial charge in [0.15, 0.2) is 0 Å². The first-order valence-corrected chi connectivity index (χ1v) is 7.27. The van der Waals surface area contributed by atoms with E-state index >= 15 is 0 Å². The van der Waals surface area contributed by atoms with Crippen molar-refractivity contribution in [2.45, 2.75) is 39.2 Å². The molecule has 0 aliphatic carbocycles. The van der Waals surface area contributed by atoms with Crippen LogP contribution >= 0.6 is 0 Å². The lowest BCUT2D eigenvalue weighted by molar-refractivity contribution is 0.173. The van der Waals surface area contributed by atoms with Gasteiger partial charge in [-0.05, 0) is 48.2 Å². The van der Waals surface area contributed by atoms with E-state index in [2.05, 4.69) is 19.1 Å². The molecule has 2 nitrogen and oxygen atoms in total. The average molecular weight is 270 g/mol. The SMILES string of the molecule is CCCc1ccc(Oc2ccc(C(O)CC)cc2)cc1. The van der Waals surface area contributed by atoms with Crippen LogP contribution in [0, 0.1) is 0 Å². The Morgan fingerprint density at radius 3 is 1.95 bits per heavy atom. The van der Waals surface area contributed by atoms with Crippen molar-refractivity contribution in [2.24, 2.45) is 0 Å². The Morgan fingerprint density at radius 2 is 1.45 bits per heavy atom. The number of aryl methyl sites for hydroxylation is 1. The molecule has 0 bridgehead atoms. The van der Waals surface area contributed by atoms with Crippen LogP contribution in [0.4, 0.5) is 0 Å². The highest BCUT2D eigenvalue weighted by Crippen LogP contribution is 2.24. The van der Waals surface area contributed by atoms with Crippen LogP contribution in [0.2, 0.25) is 0 Å². The number of hydrogen-bond donors (Lipinski definition) is 1. The normalized spacial score (nSPS) is 12.2. The van der Waals surface area contributed by atoms with Crippen LogP contribution in [0.3, 0.4) is 0 Å². The smallest absolute Gasteiger partial charge is 0.127 e.